The lowest BCUT2D eigenvalue weighted by molar-refractivity contribution is 0.184. The first-order chi connectivity index (χ1) is 17.5. The highest BCUT2D eigenvalue weighted by atomic mass is 32.2. The van der Waals surface area contributed by atoms with Crippen molar-refractivity contribution in [3.63, 3.8) is 0 Å². The van der Waals surface area contributed by atoms with Gasteiger partial charge in [0.05, 0.1) is 19.1 Å². The van der Waals surface area contributed by atoms with Crippen LogP contribution >= 0.6 is 0 Å². The summed E-state index contributed by atoms with van der Waals surface area (Å²) in [4.78, 5) is 2.75. The number of ether oxygens (including phenoxy) is 2. The van der Waals surface area contributed by atoms with Gasteiger partial charge in [0.15, 0.2) is 11.5 Å². The van der Waals surface area contributed by atoms with Crippen LogP contribution in [0.4, 0.5) is 0 Å². The highest BCUT2D eigenvalue weighted by Gasteiger charge is 2.36. The quantitative estimate of drug-likeness (QED) is 0.345. The molecule has 0 amide bonds. The smallest absolute Gasteiger partial charge is 0.240 e. The van der Waals surface area contributed by atoms with Gasteiger partial charge in [0.1, 0.15) is 11.2 Å². The Labute approximate surface area is 211 Å². The summed E-state index contributed by atoms with van der Waals surface area (Å²) in [7, 11) is -0.225. The summed E-state index contributed by atoms with van der Waals surface area (Å²) in [5.41, 5.74) is 5.45. The lowest BCUT2D eigenvalue weighted by Crippen LogP contribution is -2.36. The van der Waals surface area contributed by atoms with Crippen molar-refractivity contribution in [3.8, 4) is 11.5 Å². The Morgan fingerprint density at radius 1 is 1.03 bits per heavy atom. The lowest BCUT2D eigenvalue weighted by atomic mass is 9.92. The molecule has 3 aromatic carbocycles. The normalized spacial score (nSPS) is 17.6. The number of methoxy groups -OCH3 is 2. The van der Waals surface area contributed by atoms with Gasteiger partial charge in [-0.05, 0) is 67.1 Å². The molecule has 0 fully saturated rings. The molecule has 0 bridgehead atoms. The summed E-state index contributed by atoms with van der Waals surface area (Å²) in [5, 5.41) is 1.73. The molecular formula is C28H30N2O5S. The summed E-state index contributed by atoms with van der Waals surface area (Å²) in [5.74, 6) is 1.67. The predicted molar refractivity (Wildman–Crippen MR) is 139 cm³/mol. The van der Waals surface area contributed by atoms with E-state index in [4.69, 9.17) is 13.9 Å². The van der Waals surface area contributed by atoms with Crippen molar-refractivity contribution in [3.05, 3.63) is 65.2 Å². The summed E-state index contributed by atoms with van der Waals surface area (Å²) in [6.45, 7) is 2.19. The summed E-state index contributed by atoms with van der Waals surface area (Å²) in [6, 6.07) is 15.2. The third-order valence-corrected chi connectivity index (χ3v) is 9.04. The van der Waals surface area contributed by atoms with Crippen molar-refractivity contribution in [2.45, 2.75) is 36.6 Å². The van der Waals surface area contributed by atoms with E-state index in [-0.39, 0.29) is 4.90 Å². The summed E-state index contributed by atoms with van der Waals surface area (Å²) in [6.07, 6.45) is 3.73. The number of benzene rings is 3. The third-order valence-electron chi connectivity index (χ3n) is 7.58. The molecule has 6 rings (SSSR count). The van der Waals surface area contributed by atoms with E-state index in [9.17, 15) is 8.42 Å². The average molecular weight is 507 g/mol. The number of sulfonamides is 1. The van der Waals surface area contributed by atoms with Gasteiger partial charge in [-0.2, -0.15) is 0 Å². The number of furan rings is 1. The summed E-state index contributed by atoms with van der Waals surface area (Å²) < 4.78 is 45.9. The van der Waals surface area contributed by atoms with E-state index < -0.39 is 10.0 Å². The second kappa shape index (κ2) is 9.10. The van der Waals surface area contributed by atoms with Crippen LogP contribution in [-0.2, 0) is 22.9 Å². The molecule has 7 nitrogen and oxygen atoms in total. The first-order valence-corrected chi connectivity index (χ1v) is 13.9. The zero-order valence-electron chi connectivity index (χ0n) is 20.5. The minimum absolute atomic E-state index is 0.259. The third kappa shape index (κ3) is 3.84. The fourth-order valence-corrected chi connectivity index (χ4v) is 7.03. The molecule has 0 saturated carbocycles. The van der Waals surface area contributed by atoms with E-state index >= 15 is 0 Å². The minimum atomic E-state index is -3.62. The maximum atomic E-state index is 13.0. The fraction of sp³-hybridized carbons (Fsp3) is 0.357. The van der Waals surface area contributed by atoms with Crippen molar-refractivity contribution in [1.82, 2.24) is 9.62 Å². The number of fused-ring (bicyclic) bond motifs is 3. The van der Waals surface area contributed by atoms with Gasteiger partial charge < -0.3 is 13.9 Å². The number of rotatable bonds is 8. The average Bonchev–Trinajstić information content (AvgIpc) is 3.50. The maximum Gasteiger partial charge on any atom is 0.240 e. The molecule has 1 aromatic heterocycles. The van der Waals surface area contributed by atoms with Gasteiger partial charge >= 0.3 is 0 Å². The molecular weight excluding hydrogens is 476 g/mol. The molecule has 36 heavy (non-hydrogen) atoms. The predicted octanol–water partition coefficient (Wildman–Crippen LogP) is 4.82. The number of hydrogen-bond donors (Lipinski definition) is 1. The highest BCUT2D eigenvalue weighted by molar-refractivity contribution is 7.89. The van der Waals surface area contributed by atoms with Crippen LogP contribution in [0.15, 0.2) is 57.8 Å². The van der Waals surface area contributed by atoms with E-state index in [0.717, 1.165) is 66.6 Å². The molecule has 0 saturated heterocycles. The van der Waals surface area contributed by atoms with Gasteiger partial charge in [0.2, 0.25) is 10.0 Å². The monoisotopic (exact) mass is 506 g/mol. The van der Waals surface area contributed by atoms with E-state index in [1.165, 1.54) is 16.7 Å². The molecule has 2 aliphatic rings. The van der Waals surface area contributed by atoms with Crippen LogP contribution in [0.2, 0.25) is 0 Å². The molecule has 2 heterocycles. The molecule has 1 unspecified atom stereocenters. The van der Waals surface area contributed by atoms with Crippen molar-refractivity contribution >= 4 is 32.0 Å². The maximum absolute atomic E-state index is 13.0. The van der Waals surface area contributed by atoms with Gasteiger partial charge in [-0.1, -0.05) is 18.2 Å². The van der Waals surface area contributed by atoms with Gasteiger partial charge in [-0.15, -0.1) is 0 Å². The SMILES string of the molecule is COc1cc2c3c(c1OC)CCC3N(CCCNS(=O)(=O)c1ccc3oc4ccccc4c3c1)CC2. The molecule has 0 radical (unpaired) electrons. The van der Waals surface area contributed by atoms with Crippen LogP contribution in [0, 0.1) is 0 Å². The second-order valence-corrected chi connectivity index (χ2v) is 11.3. The van der Waals surface area contributed by atoms with Crippen molar-refractivity contribution < 1.29 is 22.3 Å². The van der Waals surface area contributed by atoms with E-state index in [1.807, 2.05) is 24.3 Å². The topological polar surface area (TPSA) is 81.0 Å². The molecule has 0 spiro atoms. The van der Waals surface area contributed by atoms with Crippen LogP contribution in [-0.4, -0.2) is 47.2 Å². The Bertz CT molecular complexity index is 1560. The zero-order valence-corrected chi connectivity index (χ0v) is 21.4. The standard InChI is InChI=1S/C28H30N2O5S/c1-33-26-16-18-12-15-30(23-10-9-21(27(18)23)28(26)34-2)14-5-13-29-36(31,32)19-8-11-25-22(17-19)20-6-3-4-7-24(20)35-25/h3-4,6-8,11,16-17,23,29H,5,9-10,12-15H2,1-2H3. The van der Waals surface area contributed by atoms with Gasteiger partial charge in [0, 0.05) is 42.0 Å². The van der Waals surface area contributed by atoms with E-state index in [0.29, 0.717) is 18.2 Å². The van der Waals surface area contributed by atoms with Gasteiger partial charge in [-0.25, -0.2) is 13.1 Å². The van der Waals surface area contributed by atoms with Gasteiger partial charge in [0.25, 0.3) is 0 Å². The number of nitrogens with one attached hydrogen (secondary N) is 1. The minimum Gasteiger partial charge on any atom is -0.493 e. The number of para-hydroxylation sites is 1. The second-order valence-electron chi connectivity index (χ2n) is 9.51. The Kier molecular flexibility index (Phi) is 5.90. The molecule has 188 valence electrons. The largest absolute Gasteiger partial charge is 0.493 e. The van der Waals surface area contributed by atoms with Crippen LogP contribution in [0.3, 0.4) is 0 Å². The first kappa shape index (κ1) is 23.3. The van der Waals surface area contributed by atoms with Crippen molar-refractivity contribution in [2.24, 2.45) is 0 Å². The Morgan fingerprint density at radius 3 is 2.69 bits per heavy atom. The Hall–Kier alpha value is -3.07. The molecule has 1 atom stereocenters. The first-order valence-electron chi connectivity index (χ1n) is 12.4. The molecule has 1 N–H and O–H groups in total. The Morgan fingerprint density at radius 2 is 1.86 bits per heavy atom. The highest BCUT2D eigenvalue weighted by Crippen LogP contribution is 2.48. The zero-order chi connectivity index (χ0) is 24.9. The van der Waals surface area contributed by atoms with Crippen LogP contribution in [0.1, 0.15) is 35.6 Å². The van der Waals surface area contributed by atoms with Crippen LogP contribution < -0.4 is 14.2 Å². The molecule has 4 aromatic rings. The van der Waals surface area contributed by atoms with E-state index in [2.05, 4.69) is 15.7 Å². The molecule has 8 heteroatoms. The van der Waals surface area contributed by atoms with Crippen LogP contribution in [0.25, 0.3) is 21.9 Å². The van der Waals surface area contributed by atoms with Gasteiger partial charge in [-0.3, -0.25) is 4.90 Å². The lowest BCUT2D eigenvalue weighted by Gasteiger charge is -2.35. The van der Waals surface area contributed by atoms with Crippen LogP contribution in [0.5, 0.6) is 11.5 Å². The van der Waals surface area contributed by atoms with E-state index in [1.54, 1.807) is 32.4 Å². The summed E-state index contributed by atoms with van der Waals surface area (Å²) >= 11 is 0. The van der Waals surface area contributed by atoms with Crippen molar-refractivity contribution in [1.29, 1.82) is 0 Å². The van der Waals surface area contributed by atoms with Crippen molar-refractivity contribution in [2.75, 3.05) is 33.9 Å². The Balaban J connectivity index is 1.13. The number of hydrogen-bond acceptors (Lipinski definition) is 6. The molecule has 1 aliphatic heterocycles. The molecule has 1 aliphatic carbocycles. The fourth-order valence-electron chi connectivity index (χ4n) is 5.93. The number of nitrogens with zero attached hydrogens (tertiary/aromatic N) is 1.